The first-order valence-corrected chi connectivity index (χ1v) is 10.9. The lowest BCUT2D eigenvalue weighted by atomic mass is 10.3. The van der Waals surface area contributed by atoms with Gasteiger partial charge in [-0.05, 0) is 60.2 Å². The van der Waals surface area contributed by atoms with Gasteiger partial charge in [0.05, 0.1) is 23.9 Å². The number of nitrogens with one attached hydrogen (secondary N) is 1. The van der Waals surface area contributed by atoms with Gasteiger partial charge in [0, 0.05) is 17.4 Å². The van der Waals surface area contributed by atoms with Gasteiger partial charge < -0.3 is 4.74 Å². The van der Waals surface area contributed by atoms with Gasteiger partial charge in [0.1, 0.15) is 12.3 Å². The third-order valence-electron chi connectivity index (χ3n) is 4.14. The quantitative estimate of drug-likeness (QED) is 0.413. The van der Waals surface area contributed by atoms with E-state index in [4.69, 9.17) is 16.3 Å². The smallest absolute Gasteiger partial charge is 0.264 e. The van der Waals surface area contributed by atoms with Gasteiger partial charge in [0.2, 0.25) is 0 Å². The van der Waals surface area contributed by atoms with Gasteiger partial charge in [-0.25, -0.2) is 13.8 Å². The number of anilines is 1. The minimum atomic E-state index is -4.07. The van der Waals surface area contributed by atoms with E-state index < -0.39 is 22.5 Å². The Hall–Kier alpha value is -3.43. The Balaban J connectivity index is 1.85. The topological polar surface area (TPSA) is 101 Å². The number of carbonyl (C=O) groups is 1. The molecule has 1 amide bonds. The second-order valence-electron chi connectivity index (χ2n) is 6.24. The summed E-state index contributed by atoms with van der Waals surface area (Å²) in [6.45, 7) is -0.498. The van der Waals surface area contributed by atoms with Crippen molar-refractivity contribution < 1.29 is 17.9 Å². The second kappa shape index (κ2) is 10.1. The van der Waals surface area contributed by atoms with E-state index in [1.165, 1.54) is 43.7 Å². The Bertz CT molecular complexity index is 1170. The number of hydrazone groups is 1. The minimum Gasteiger partial charge on any atom is -0.497 e. The highest BCUT2D eigenvalue weighted by Gasteiger charge is 2.27. The van der Waals surface area contributed by atoms with Crippen LogP contribution in [-0.2, 0) is 14.8 Å². The Labute approximate surface area is 185 Å². The number of ether oxygens (including phenoxy) is 1. The maximum atomic E-state index is 13.3. The summed E-state index contributed by atoms with van der Waals surface area (Å²) in [7, 11) is -2.59. The van der Waals surface area contributed by atoms with Crippen LogP contribution >= 0.6 is 11.6 Å². The van der Waals surface area contributed by atoms with Gasteiger partial charge >= 0.3 is 0 Å². The van der Waals surface area contributed by atoms with Crippen molar-refractivity contribution >= 4 is 39.4 Å². The zero-order valence-corrected chi connectivity index (χ0v) is 18.0. The summed E-state index contributed by atoms with van der Waals surface area (Å²) >= 11 is 6.05. The molecule has 31 heavy (non-hydrogen) atoms. The summed E-state index contributed by atoms with van der Waals surface area (Å²) in [5.41, 5.74) is 3.32. The molecule has 0 fully saturated rings. The zero-order chi connectivity index (χ0) is 22.3. The molecule has 2 aromatic carbocycles. The Morgan fingerprint density at radius 1 is 1.16 bits per heavy atom. The van der Waals surface area contributed by atoms with Crippen molar-refractivity contribution in [2.45, 2.75) is 4.90 Å². The Morgan fingerprint density at radius 3 is 2.52 bits per heavy atom. The molecule has 0 unspecified atom stereocenters. The predicted molar refractivity (Wildman–Crippen MR) is 119 cm³/mol. The van der Waals surface area contributed by atoms with Crippen molar-refractivity contribution in [2.24, 2.45) is 5.10 Å². The summed E-state index contributed by atoms with van der Waals surface area (Å²) in [6.07, 6.45) is 4.61. The van der Waals surface area contributed by atoms with Gasteiger partial charge in [0.25, 0.3) is 15.9 Å². The summed E-state index contributed by atoms with van der Waals surface area (Å²) in [6, 6.07) is 15.5. The molecule has 3 rings (SSSR count). The van der Waals surface area contributed by atoms with Gasteiger partial charge in [-0.3, -0.25) is 14.1 Å². The molecule has 0 radical (unpaired) electrons. The summed E-state index contributed by atoms with van der Waals surface area (Å²) < 4.78 is 32.6. The number of methoxy groups -OCH3 is 1. The summed E-state index contributed by atoms with van der Waals surface area (Å²) in [5.74, 6) is -0.112. The molecule has 0 saturated heterocycles. The van der Waals surface area contributed by atoms with Crippen LogP contribution in [-0.4, -0.2) is 39.2 Å². The van der Waals surface area contributed by atoms with Crippen LogP contribution < -0.4 is 14.5 Å². The van der Waals surface area contributed by atoms with Crippen LogP contribution in [0.1, 0.15) is 5.56 Å². The normalized spacial score (nSPS) is 11.3. The molecule has 0 aliphatic heterocycles. The van der Waals surface area contributed by atoms with Crippen LogP contribution in [0.15, 0.2) is 83.1 Å². The maximum absolute atomic E-state index is 13.3. The molecule has 3 aromatic rings. The predicted octanol–water partition coefficient (Wildman–Crippen LogP) is 3.09. The zero-order valence-electron chi connectivity index (χ0n) is 16.5. The van der Waals surface area contributed by atoms with Crippen LogP contribution in [0.5, 0.6) is 5.75 Å². The fourth-order valence-electron chi connectivity index (χ4n) is 2.62. The molecule has 160 valence electrons. The Kier molecular flexibility index (Phi) is 7.22. The van der Waals surface area contributed by atoms with Crippen molar-refractivity contribution in [1.29, 1.82) is 0 Å². The molecule has 1 N–H and O–H groups in total. The van der Waals surface area contributed by atoms with Crippen molar-refractivity contribution in [3.8, 4) is 5.75 Å². The fraction of sp³-hybridized carbons (Fsp3) is 0.0952. The van der Waals surface area contributed by atoms with Gasteiger partial charge in [-0.2, -0.15) is 5.10 Å². The molecule has 8 nitrogen and oxygen atoms in total. The third-order valence-corrected chi connectivity index (χ3v) is 6.16. The number of nitrogens with zero attached hydrogens (tertiary/aromatic N) is 3. The minimum absolute atomic E-state index is 0.00126. The average molecular weight is 459 g/mol. The first-order valence-electron chi connectivity index (χ1n) is 9.04. The molecule has 0 bridgehead atoms. The van der Waals surface area contributed by atoms with E-state index in [0.29, 0.717) is 10.8 Å². The van der Waals surface area contributed by atoms with Gasteiger partial charge in [0.15, 0.2) is 0 Å². The van der Waals surface area contributed by atoms with Crippen molar-refractivity contribution in [3.05, 3.63) is 83.6 Å². The van der Waals surface area contributed by atoms with E-state index >= 15 is 0 Å². The number of sulfonamides is 1. The Morgan fingerprint density at radius 2 is 1.87 bits per heavy atom. The molecule has 1 aromatic heterocycles. The number of hydrogen-bond donors (Lipinski definition) is 1. The maximum Gasteiger partial charge on any atom is 0.264 e. The van der Waals surface area contributed by atoms with Crippen molar-refractivity contribution in [2.75, 3.05) is 18.0 Å². The standard InChI is InChI=1S/C21H19ClN4O4S/c1-30-19-5-7-20(8-6-19)31(28,29)26(18-4-2-3-17(22)13-18)15-21(27)25-24-14-16-9-11-23-12-10-16/h2-14H,15H2,1H3,(H,25,27)/b24-14+. The number of amides is 1. The lowest BCUT2D eigenvalue weighted by Gasteiger charge is -2.24. The number of carbonyl (C=O) groups excluding carboxylic acids is 1. The number of halogens is 1. The van der Waals surface area contributed by atoms with E-state index in [-0.39, 0.29) is 10.6 Å². The first kappa shape index (κ1) is 22.3. The first-order chi connectivity index (χ1) is 14.9. The van der Waals surface area contributed by atoms with E-state index in [0.717, 1.165) is 9.87 Å². The molecular formula is C21H19ClN4O4S. The fourth-order valence-corrected chi connectivity index (χ4v) is 4.21. The molecule has 1 heterocycles. The number of hydrogen-bond acceptors (Lipinski definition) is 6. The number of rotatable bonds is 8. The second-order valence-corrected chi connectivity index (χ2v) is 8.54. The third kappa shape index (κ3) is 5.80. The number of benzene rings is 2. The van der Waals surface area contributed by atoms with Crippen molar-refractivity contribution in [3.63, 3.8) is 0 Å². The summed E-state index contributed by atoms with van der Waals surface area (Å²) in [5, 5.41) is 4.20. The molecular weight excluding hydrogens is 440 g/mol. The van der Waals surface area contributed by atoms with Crippen LogP contribution in [0, 0.1) is 0 Å². The highest BCUT2D eigenvalue weighted by Crippen LogP contribution is 2.27. The van der Waals surface area contributed by atoms with Crippen LogP contribution in [0.3, 0.4) is 0 Å². The average Bonchev–Trinajstić information content (AvgIpc) is 2.78. The molecule has 10 heteroatoms. The summed E-state index contributed by atoms with van der Waals surface area (Å²) in [4.78, 5) is 16.4. The highest BCUT2D eigenvalue weighted by atomic mass is 35.5. The van der Waals surface area contributed by atoms with E-state index in [1.807, 2.05) is 0 Å². The van der Waals surface area contributed by atoms with Crippen molar-refractivity contribution in [1.82, 2.24) is 10.4 Å². The molecule has 0 saturated carbocycles. The lowest BCUT2D eigenvalue weighted by molar-refractivity contribution is -0.119. The largest absolute Gasteiger partial charge is 0.497 e. The van der Waals surface area contributed by atoms with Crippen LogP contribution in [0.4, 0.5) is 5.69 Å². The highest BCUT2D eigenvalue weighted by molar-refractivity contribution is 7.92. The van der Waals surface area contributed by atoms with E-state index in [9.17, 15) is 13.2 Å². The lowest BCUT2D eigenvalue weighted by Crippen LogP contribution is -2.39. The number of aromatic nitrogens is 1. The monoisotopic (exact) mass is 458 g/mol. The molecule has 0 aliphatic rings. The molecule has 0 aliphatic carbocycles. The molecule has 0 spiro atoms. The molecule has 0 atom stereocenters. The van der Waals surface area contributed by atoms with Crippen LogP contribution in [0.25, 0.3) is 0 Å². The van der Waals surface area contributed by atoms with Gasteiger partial charge in [-0.1, -0.05) is 17.7 Å². The van der Waals surface area contributed by atoms with Gasteiger partial charge in [-0.15, -0.1) is 0 Å². The van der Waals surface area contributed by atoms with Crippen LogP contribution in [0.2, 0.25) is 5.02 Å². The van der Waals surface area contributed by atoms with E-state index in [1.54, 1.807) is 42.7 Å². The number of pyridine rings is 1. The SMILES string of the molecule is COc1ccc(S(=O)(=O)N(CC(=O)N/N=C/c2ccncc2)c2cccc(Cl)c2)cc1. The van der Waals surface area contributed by atoms with E-state index in [2.05, 4.69) is 15.5 Å².